The van der Waals surface area contributed by atoms with E-state index in [1.54, 1.807) is 0 Å². The average molecular weight is 229 g/mol. The van der Waals surface area contributed by atoms with Gasteiger partial charge in [-0.2, -0.15) is 0 Å². The highest BCUT2D eigenvalue weighted by Gasteiger charge is 2.09. The number of likely N-dealkylation sites (N-methyl/N-ethyl adjacent to an activating group) is 1. The second-order valence-corrected chi connectivity index (χ2v) is 4.30. The van der Waals surface area contributed by atoms with Crippen LogP contribution in [-0.2, 0) is 13.5 Å². The summed E-state index contributed by atoms with van der Waals surface area (Å²) in [6.45, 7) is 3.10. The van der Waals surface area contributed by atoms with Gasteiger partial charge in [0.25, 0.3) is 0 Å². The maximum atomic E-state index is 4.53. The van der Waals surface area contributed by atoms with Gasteiger partial charge < -0.3 is 9.88 Å². The number of nitrogens with zero attached hydrogens (tertiary/aromatic N) is 2. The maximum Gasteiger partial charge on any atom is 0.140 e. The van der Waals surface area contributed by atoms with Crippen molar-refractivity contribution in [2.45, 2.75) is 13.3 Å². The molecule has 0 aliphatic heterocycles. The highest BCUT2D eigenvalue weighted by Crippen LogP contribution is 2.22. The molecule has 0 aliphatic carbocycles. The van der Waals surface area contributed by atoms with Gasteiger partial charge in [-0.05, 0) is 19.5 Å². The van der Waals surface area contributed by atoms with Crippen LogP contribution in [0.2, 0.25) is 0 Å². The minimum Gasteiger partial charge on any atom is -0.331 e. The van der Waals surface area contributed by atoms with Gasteiger partial charge in [0.15, 0.2) is 0 Å². The summed E-state index contributed by atoms with van der Waals surface area (Å²) in [6, 6.07) is 8.37. The molecule has 2 aromatic rings. The Morgan fingerprint density at radius 3 is 2.76 bits per heavy atom. The molecule has 3 heteroatoms. The van der Waals surface area contributed by atoms with E-state index in [4.69, 9.17) is 0 Å². The Balaban J connectivity index is 2.34. The summed E-state index contributed by atoms with van der Waals surface area (Å²) in [6.07, 6.45) is 2.98. The van der Waals surface area contributed by atoms with Crippen LogP contribution in [0.5, 0.6) is 0 Å². The molecule has 1 heterocycles. The SMILES string of the molecule is CNCCc1cnc(-c2ccccc2C)n1C. The van der Waals surface area contributed by atoms with E-state index >= 15 is 0 Å². The molecule has 0 amide bonds. The zero-order valence-corrected chi connectivity index (χ0v) is 10.7. The van der Waals surface area contributed by atoms with Gasteiger partial charge >= 0.3 is 0 Å². The van der Waals surface area contributed by atoms with E-state index in [1.807, 2.05) is 13.2 Å². The summed E-state index contributed by atoms with van der Waals surface area (Å²) in [5, 5.41) is 3.16. The highest BCUT2D eigenvalue weighted by atomic mass is 15.1. The van der Waals surface area contributed by atoms with Crippen molar-refractivity contribution in [3.63, 3.8) is 0 Å². The Morgan fingerprint density at radius 2 is 2.06 bits per heavy atom. The van der Waals surface area contributed by atoms with Gasteiger partial charge in [0.1, 0.15) is 5.82 Å². The Morgan fingerprint density at radius 1 is 1.29 bits per heavy atom. The fraction of sp³-hybridized carbons (Fsp3) is 0.357. The second kappa shape index (κ2) is 5.15. The smallest absolute Gasteiger partial charge is 0.140 e. The van der Waals surface area contributed by atoms with Crippen LogP contribution in [0.3, 0.4) is 0 Å². The minimum atomic E-state index is 0.979. The first-order valence-corrected chi connectivity index (χ1v) is 5.95. The first-order chi connectivity index (χ1) is 8.24. The molecule has 0 bridgehead atoms. The van der Waals surface area contributed by atoms with Crippen LogP contribution in [0.25, 0.3) is 11.4 Å². The number of hydrogen-bond donors (Lipinski definition) is 1. The standard InChI is InChI=1S/C14H19N3/c1-11-6-4-5-7-13(11)14-16-10-12(17(14)3)8-9-15-2/h4-7,10,15H,8-9H2,1-3H3. The first kappa shape index (κ1) is 11.9. The normalized spacial score (nSPS) is 10.8. The van der Waals surface area contributed by atoms with E-state index in [2.05, 4.69) is 53.1 Å². The number of benzene rings is 1. The van der Waals surface area contributed by atoms with Crippen molar-refractivity contribution in [3.05, 3.63) is 41.7 Å². The van der Waals surface area contributed by atoms with E-state index in [0.29, 0.717) is 0 Å². The van der Waals surface area contributed by atoms with Crippen LogP contribution < -0.4 is 5.32 Å². The molecule has 1 aromatic heterocycles. The van der Waals surface area contributed by atoms with Crippen LogP contribution in [-0.4, -0.2) is 23.1 Å². The number of aryl methyl sites for hydroxylation is 1. The lowest BCUT2D eigenvalue weighted by Gasteiger charge is -2.08. The topological polar surface area (TPSA) is 29.9 Å². The number of imidazole rings is 1. The molecule has 90 valence electrons. The van der Waals surface area contributed by atoms with E-state index in [0.717, 1.165) is 18.8 Å². The van der Waals surface area contributed by atoms with Crippen LogP contribution >= 0.6 is 0 Å². The maximum absolute atomic E-state index is 4.53. The fourth-order valence-corrected chi connectivity index (χ4v) is 2.00. The first-order valence-electron chi connectivity index (χ1n) is 5.95. The predicted molar refractivity (Wildman–Crippen MR) is 71.0 cm³/mol. The summed E-state index contributed by atoms with van der Waals surface area (Å²) in [5.74, 6) is 1.05. The third kappa shape index (κ3) is 2.39. The Bertz CT molecular complexity index is 500. The lowest BCUT2D eigenvalue weighted by atomic mass is 10.1. The van der Waals surface area contributed by atoms with Crippen LogP contribution in [0.15, 0.2) is 30.5 Å². The molecule has 0 fully saturated rings. The van der Waals surface area contributed by atoms with Gasteiger partial charge in [-0.25, -0.2) is 4.98 Å². The molecule has 0 atom stereocenters. The van der Waals surface area contributed by atoms with E-state index in [9.17, 15) is 0 Å². The zero-order chi connectivity index (χ0) is 12.3. The number of nitrogens with one attached hydrogen (secondary N) is 1. The molecular formula is C14H19N3. The van der Waals surface area contributed by atoms with Gasteiger partial charge in [0.2, 0.25) is 0 Å². The quantitative estimate of drug-likeness (QED) is 0.870. The van der Waals surface area contributed by atoms with Crippen LogP contribution in [0, 0.1) is 6.92 Å². The molecule has 0 spiro atoms. The summed E-state index contributed by atoms with van der Waals surface area (Å²) < 4.78 is 2.18. The van der Waals surface area contributed by atoms with Crippen molar-refractivity contribution in [1.82, 2.24) is 14.9 Å². The zero-order valence-electron chi connectivity index (χ0n) is 10.7. The van der Waals surface area contributed by atoms with E-state index in [1.165, 1.54) is 16.8 Å². The van der Waals surface area contributed by atoms with Gasteiger partial charge in [0.05, 0.1) is 0 Å². The molecule has 0 saturated carbocycles. The average Bonchev–Trinajstić information content (AvgIpc) is 2.69. The van der Waals surface area contributed by atoms with Gasteiger partial charge in [-0.1, -0.05) is 24.3 Å². The lowest BCUT2D eigenvalue weighted by Crippen LogP contribution is -2.12. The van der Waals surface area contributed by atoms with Crippen molar-refractivity contribution in [1.29, 1.82) is 0 Å². The Kier molecular flexibility index (Phi) is 3.59. The molecule has 1 N–H and O–H groups in total. The lowest BCUT2D eigenvalue weighted by molar-refractivity contribution is 0.740. The molecule has 0 saturated heterocycles. The molecule has 17 heavy (non-hydrogen) atoms. The fourth-order valence-electron chi connectivity index (χ4n) is 2.00. The second-order valence-electron chi connectivity index (χ2n) is 4.30. The van der Waals surface area contributed by atoms with Crippen LogP contribution in [0.4, 0.5) is 0 Å². The van der Waals surface area contributed by atoms with Crippen molar-refractivity contribution in [2.75, 3.05) is 13.6 Å². The van der Waals surface area contributed by atoms with Gasteiger partial charge in [0, 0.05) is 37.5 Å². The monoisotopic (exact) mass is 229 g/mol. The van der Waals surface area contributed by atoms with Crippen molar-refractivity contribution >= 4 is 0 Å². The van der Waals surface area contributed by atoms with Gasteiger partial charge in [-0.15, -0.1) is 0 Å². The minimum absolute atomic E-state index is 0.979. The van der Waals surface area contributed by atoms with Crippen molar-refractivity contribution in [2.24, 2.45) is 7.05 Å². The predicted octanol–water partition coefficient (Wildman–Crippen LogP) is 2.16. The van der Waals surface area contributed by atoms with Crippen molar-refractivity contribution < 1.29 is 0 Å². The molecule has 0 aliphatic rings. The molecular weight excluding hydrogens is 210 g/mol. The number of rotatable bonds is 4. The third-order valence-electron chi connectivity index (χ3n) is 3.10. The Hall–Kier alpha value is -1.61. The Labute approximate surface area is 103 Å². The number of hydrogen-bond acceptors (Lipinski definition) is 2. The summed E-state index contributed by atoms with van der Waals surface area (Å²) >= 11 is 0. The van der Waals surface area contributed by atoms with Crippen LogP contribution in [0.1, 0.15) is 11.3 Å². The molecule has 2 rings (SSSR count). The van der Waals surface area contributed by atoms with Crippen molar-refractivity contribution in [3.8, 4) is 11.4 Å². The van der Waals surface area contributed by atoms with E-state index < -0.39 is 0 Å². The summed E-state index contributed by atoms with van der Waals surface area (Å²) in [4.78, 5) is 4.53. The summed E-state index contributed by atoms with van der Waals surface area (Å²) in [7, 11) is 4.05. The molecule has 1 aromatic carbocycles. The number of aromatic nitrogens is 2. The molecule has 3 nitrogen and oxygen atoms in total. The van der Waals surface area contributed by atoms with Gasteiger partial charge in [-0.3, -0.25) is 0 Å². The molecule has 0 radical (unpaired) electrons. The largest absolute Gasteiger partial charge is 0.331 e. The third-order valence-corrected chi connectivity index (χ3v) is 3.10. The highest BCUT2D eigenvalue weighted by molar-refractivity contribution is 5.60. The molecule has 0 unspecified atom stereocenters. The van der Waals surface area contributed by atoms with E-state index in [-0.39, 0.29) is 0 Å². The summed E-state index contributed by atoms with van der Waals surface area (Å²) in [5.41, 5.74) is 3.74.